The number of carbonyl (C=O) groups is 1. The number of hydrogen-bond donors (Lipinski definition) is 1. The minimum absolute atomic E-state index is 0.0496. The maximum atomic E-state index is 15.1. The van der Waals surface area contributed by atoms with Crippen LogP contribution in [0.2, 0.25) is 20.1 Å². The lowest BCUT2D eigenvalue weighted by molar-refractivity contribution is -0.130. The molecular formula is C33H31Cl4FN6O3. The summed E-state index contributed by atoms with van der Waals surface area (Å²) in [4.78, 5) is 40.4. The van der Waals surface area contributed by atoms with Gasteiger partial charge < -0.3 is 14.9 Å². The molecule has 0 saturated carbocycles. The van der Waals surface area contributed by atoms with Crippen molar-refractivity contribution in [3.05, 3.63) is 66.1 Å². The van der Waals surface area contributed by atoms with Crippen LogP contribution in [0.4, 0.5) is 10.1 Å². The first-order chi connectivity index (χ1) is 22.2. The second-order valence-corrected chi connectivity index (χ2v) is 13.5. The molecule has 1 saturated heterocycles. The van der Waals surface area contributed by atoms with Gasteiger partial charge in [0.25, 0.3) is 5.56 Å². The van der Waals surface area contributed by atoms with Crippen LogP contribution in [0.3, 0.4) is 0 Å². The van der Waals surface area contributed by atoms with Crippen molar-refractivity contribution in [3.8, 4) is 23.1 Å². The van der Waals surface area contributed by atoms with Crippen molar-refractivity contribution in [3.63, 3.8) is 0 Å². The van der Waals surface area contributed by atoms with Gasteiger partial charge in [0.1, 0.15) is 22.3 Å². The fourth-order valence-electron chi connectivity index (χ4n) is 6.47. The summed E-state index contributed by atoms with van der Waals surface area (Å²) < 4.78 is 16.4. The molecule has 47 heavy (non-hydrogen) atoms. The second-order valence-electron chi connectivity index (χ2n) is 12.0. The van der Waals surface area contributed by atoms with Crippen molar-refractivity contribution >= 4 is 80.4 Å². The van der Waals surface area contributed by atoms with E-state index in [2.05, 4.69) is 12.6 Å². The highest BCUT2D eigenvalue weighted by Gasteiger charge is 2.36. The van der Waals surface area contributed by atoms with Crippen molar-refractivity contribution in [1.82, 2.24) is 14.5 Å². The molecule has 0 aliphatic carbocycles. The molecule has 2 aliphatic heterocycles. The largest absolute Gasteiger partial charge is 0.505 e. The number of aliphatic imine (C=N–C) groups is 1. The molecule has 14 heteroatoms. The van der Waals surface area contributed by atoms with Crippen LogP contribution in [-0.2, 0) is 4.79 Å². The molecule has 9 nitrogen and oxygen atoms in total. The average Bonchev–Trinajstić information content (AvgIpc) is 3.02. The third kappa shape index (κ3) is 5.67. The zero-order valence-corrected chi connectivity index (χ0v) is 29.3. The molecule has 4 heterocycles. The Morgan fingerprint density at radius 1 is 1.17 bits per heavy atom. The predicted octanol–water partition coefficient (Wildman–Crippen LogP) is 7.74. The Morgan fingerprint density at radius 2 is 1.81 bits per heavy atom. The van der Waals surface area contributed by atoms with Crippen molar-refractivity contribution in [2.75, 3.05) is 24.5 Å². The molecule has 0 bridgehead atoms. The molecule has 1 amide bonds. The van der Waals surface area contributed by atoms with E-state index >= 15 is 4.39 Å². The highest BCUT2D eigenvalue weighted by atomic mass is 35.5. The number of phenolic OH excluding ortho intramolecular Hbond substituents is 1. The first-order valence-electron chi connectivity index (χ1n) is 14.8. The van der Waals surface area contributed by atoms with Gasteiger partial charge in [0, 0.05) is 42.7 Å². The van der Waals surface area contributed by atoms with E-state index in [0.717, 1.165) is 5.57 Å². The van der Waals surface area contributed by atoms with Gasteiger partial charge in [-0.1, -0.05) is 66.8 Å². The van der Waals surface area contributed by atoms with Crippen molar-refractivity contribution in [1.29, 1.82) is 5.26 Å². The Balaban J connectivity index is 1.93. The van der Waals surface area contributed by atoms with E-state index in [1.807, 2.05) is 39.5 Å². The molecule has 0 radical (unpaired) electrons. The number of fused-ring (bicyclic) bond motifs is 1. The fourth-order valence-corrected chi connectivity index (χ4v) is 7.61. The van der Waals surface area contributed by atoms with Gasteiger partial charge in [-0.25, -0.2) is 9.37 Å². The highest BCUT2D eigenvalue weighted by Crippen LogP contribution is 2.48. The molecular weight excluding hydrogens is 689 g/mol. The number of pyridine rings is 2. The van der Waals surface area contributed by atoms with Crippen LogP contribution in [-0.4, -0.2) is 62.9 Å². The number of rotatable bonds is 5. The lowest BCUT2D eigenvalue weighted by atomic mass is 9.96. The smallest absolute Gasteiger partial charge is 0.276 e. The van der Waals surface area contributed by atoms with Gasteiger partial charge in [0.05, 0.1) is 37.9 Å². The monoisotopic (exact) mass is 718 g/mol. The number of anilines is 1. The molecule has 1 aromatic carbocycles. The number of allylic oxidation sites excluding steroid dienone is 1. The number of phenols is 1. The Bertz CT molecular complexity index is 1990. The van der Waals surface area contributed by atoms with Gasteiger partial charge in [-0.05, 0) is 50.8 Å². The van der Waals surface area contributed by atoms with Crippen LogP contribution >= 0.6 is 46.4 Å². The number of benzene rings is 1. The molecule has 2 aromatic heterocycles. The van der Waals surface area contributed by atoms with Crippen molar-refractivity contribution in [2.45, 2.75) is 53.1 Å². The lowest BCUT2D eigenvalue weighted by Gasteiger charge is -2.45. The zero-order chi connectivity index (χ0) is 34.6. The van der Waals surface area contributed by atoms with Crippen LogP contribution in [0.5, 0.6) is 5.75 Å². The molecule has 246 valence electrons. The molecule has 0 spiro atoms. The SMILES string of the molecule is C=CC(=O)N1[C@H](C)CN(c2c(C#N)c(=O)n(C3=C(C)CCN=C3C(C)C)c3nc(-c4c(Cl)c(O)c(Cl)c(F)c4Cl)c(Cl)cc23)C[C@@H]1C. The minimum Gasteiger partial charge on any atom is -0.505 e. The summed E-state index contributed by atoms with van der Waals surface area (Å²) in [5.74, 6) is -2.21. The maximum Gasteiger partial charge on any atom is 0.276 e. The fraction of sp³-hybridized carbons (Fsp3) is 0.364. The number of piperazine rings is 1. The quantitative estimate of drug-likeness (QED) is 0.164. The summed E-state index contributed by atoms with van der Waals surface area (Å²) in [7, 11) is 0. The normalized spacial score (nSPS) is 18.6. The van der Waals surface area contributed by atoms with Crippen LogP contribution in [0, 0.1) is 23.1 Å². The van der Waals surface area contributed by atoms with E-state index < -0.39 is 27.2 Å². The molecule has 3 aromatic rings. The van der Waals surface area contributed by atoms with Crippen LogP contribution < -0.4 is 10.5 Å². The number of amides is 1. The number of aromatic hydroxyl groups is 1. The number of nitrogens with zero attached hydrogens (tertiary/aromatic N) is 6. The highest BCUT2D eigenvalue weighted by molar-refractivity contribution is 6.44. The molecule has 1 N–H and O–H groups in total. The Hall–Kier alpha value is -3.62. The van der Waals surface area contributed by atoms with Crippen LogP contribution in [0.1, 0.15) is 46.6 Å². The van der Waals surface area contributed by atoms with Gasteiger partial charge in [0.2, 0.25) is 5.91 Å². The summed E-state index contributed by atoms with van der Waals surface area (Å²) in [5, 5.41) is 19.8. The Morgan fingerprint density at radius 3 is 2.38 bits per heavy atom. The average molecular weight is 720 g/mol. The van der Waals surface area contributed by atoms with E-state index in [1.165, 1.54) is 16.7 Å². The first kappa shape index (κ1) is 34.7. The predicted molar refractivity (Wildman–Crippen MR) is 187 cm³/mol. The van der Waals surface area contributed by atoms with E-state index in [9.17, 15) is 20.0 Å². The number of nitriles is 1. The summed E-state index contributed by atoms with van der Waals surface area (Å²) in [6, 6.07) is 3.03. The van der Waals surface area contributed by atoms with Crippen molar-refractivity contribution in [2.24, 2.45) is 10.9 Å². The minimum atomic E-state index is -1.13. The standard InChI is InChI=1S/C33H31Cl4FN6O3/c1-7-21(45)43-16(5)12-42(13-17(43)6)30-18-10-20(34)28(22-23(35)26(38)25(37)31(46)24(22)36)41-32(18)44(33(47)19(30)11-39)29-15(4)8-9-40-27(29)14(2)3/h7,10,14,16-17,46H,1,8-9,12-13H2,2-6H3/t16-,17+. The van der Waals surface area contributed by atoms with Gasteiger partial charge in [-0.3, -0.25) is 19.1 Å². The molecule has 2 atom stereocenters. The Labute approximate surface area is 291 Å². The number of aromatic nitrogens is 2. The summed E-state index contributed by atoms with van der Waals surface area (Å²) in [5.41, 5.74) is 1.23. The third-order valence-corrected chi connectivity index (χ3v) is 9.87. The maximum absolute atomic E-state index is 15.1. The van der Waals surface area contributed by atoms with Crippen LogP contribution in [0.25, 0.3) is 28.0 Å². The Kier molecular flexibility index (Phi) is 9.69. The second kappa shape index (κ2) is 13.1. The van der Waals surface area contributed by atoms with Gasteiger partial charge in [-0.2, -0.15) is 5.26 Å². The summed E-state index contributed by atoms with van der Waals surface area (Å²) in [6.45, 7) is 14.2. The summed E-state index contributed by atoms with van der Waals surface area (Å²) >= 11 is 25.6. The number of hydrogen-bond acceptors (Lipinski definition) is 7. The number of carbonyl (C=O) groups excluding carboxylic acids is 1. The third-order valence-electron chi connectivity index (χ3n) is 8.52. The number of halogens is 5. The molecule has 2 aliphatic rings. The van der Waals surface area contributed by atoms with E-state index in [0.29, 0.717) is 29.8 Å². The van der Waals surface area contributed by atoms with Crippen LogP contribution in [0.15, 0.2) is 34.1 Å². The van der Waals surface area contributed by atoms with Gasteiger partial charge in [0.15, 0.2) is 11.6 Å². The topological polar surface area (TPSA) is 115 Å². The molecule has 1 fully saturated rings. The van der Waals surface area contributed by atoms with E-state index in [1.54, 1.807) is 4.90 Å². The first-order valence-corrected chi connectivity index (χ1v) is 16.4. The van der Waals surface area contributed by atoms with Crippen molar-refractivity contribution < 1.29 is 14.3 Å². The zero-order valence-electron chi connectivity index (χ0n) is 26.3. The van der Waals surface area contributed by atoms with Gasteiger partial charge >= 0.3 is 0 Å². The molecule has 5 rings (SSSR count). The van der Waals surface area contributed by atoms with E-state index in [-0.39, 0.29) is 75.2 Å². The lowest BCUT2D eigenvalue weighted by Crippen LogP contribution is -2.58. The molecule has 0 unspecified atom stereocenters. The summed E-state index contributed by atoms with van der Waals surface area (Å²) in [6.07, 6.45) is 1.82. The number of dihydropyridines is 1. The van der Waals surface area contributed by atoms with Gasteiger partial charge in [-0.15, -0.1) is 0 Å². The van der Waals surface area contributed by atoms with E-state index in [4.69, 9.17) is 56.4 Å².